The Labute approximate surface area is 161 Å². The lowest BCUT2D eigenvalue weighted by atomic mass is 10.1. The Hall–Kier alpha value is -2.82. The van der Waals surface area contributed by atoms with E-state index in [1.165, 1.54) is 0 Å². The van der Waals surface area contributed by atoms with Crippen molar-refractivity contribution in [2.24, 2.45) is 0 Å². The summed E-state index contributed by atoms with van der Waals surface area (Å²) >= 11 is 0. The molecule has 5 nitrogen and oxygen atoms in total. The Morgan fingerprint density at radius 3 is 1.96 bits per heavy atom. The molecule has 0 unspecified atom stereocenters. The number of hydrogen-bond donors (Lipinski definition) is 2. The second kappa shape index (κ2) is 9.76. The van der Waals surface area contributed by atoms with Gasteiger partial charge in [0.15, 0.2) is 0 Å². The van der Waals surface area contributed by atoms with Crippen molar-refractivity contribution in [2.75, 3.05) is 23.3 Å². The van der Waals surface area contributed by atoms with Crippen LogP contribution in [0.15, 0.2) is 48.5 Å². The number of hydrogen-bond acceptors (Lipinski definition) is 3. The van der Waals surface area contributed by atoms with Gasteiger partial charge in [-0.3, -0.25) is 9.59 Å². The second-order valence-corrected chi connectivity index (χ2v) is 6.71. The van der Waals surface area contributed by atoms with Crippen LogP contribution in [-0.2, 0) is 0 Å². The zero-order valence-corrected chi connectivity index (χ0v) is 16.6. The summed E-state index contributed by atoms with van der Waals surface area (Å²) in [5.74, 6) is -0.270. The Bertz CT molecular complexity index is 752. The maximum absolute atomic E-state index is 12.5. The van der Waals surface area contributed by atoms with Crippen LogP contribution in [0.1, 0.15) is 54.8 Å². The Kier molecular flexibility index (Phi) is 7.41. The molecule has 2 N–H and O–H groups in total. The van der Waals surface area contributed by atoms with Gasteiger partial charge in [-0.1, -0.05) is 6.92 Å². The fourth-order valence-electron chi connectivity index (χ4n) is 2.90. The van der Waals surface area contributed by atoms with Crippen molar-refractivity contribution in [3.63, 3.8) is 0 Å². The van der Waals surface area contributed by atoms with E-state index < -0.39 is 0 Å². The molecule has 0 aliphatic rings. The standard InChI is InChI=1S/C22H29N3O2/c1-5-15-23-21(26)17-7-11-19(12-8-17)24-22(27)18-9-13-20(14-10-18)25(6-2)16(3)4/h7-14,16H,5-6,15H2,1-4H3,(H,23,26)(H,24,27). The van der Waals surface area contributed by atoms with Gasteiger partial charge in [0, 0.05) is 41.6 Å². The third-order valence-electron chi connectivity index (χ3n) is 4.37. The van der Waals surface area contributed by atoms with Gasteiger partial charge < -0.3 is 15.5 Å². The van der Waals surface area contributed by atoms with E-state index in [-0.39, 0.29) is 11.8 Å². The van der Waals surface area contributed by atoms with Crippen molar-refractivity contribution in [1.29, 1.82) is 0 Å². The van der Waals surface area contributed by atoms with Crippen LogP contribution in [-0.4, -0.2) is 30.9 Å². The fraction of sp³-hybridized carbons (Fsp3) is 0.364. The summed E-state index contributed by atoms with van der Waals surface area (Å²) in [6.45, 7) is 9.99. The topological polar surface area (TPSA) is 61.4 Å². The van der Waals surface area contributed by atoms with Crippen LogP contribution in [0.5, 0.6) is 0 Å². The van der Waals surface area contributed by atoms with Gasteiger partial charge in [-0.05, 0) is 75.7 Å². The molecule has 0 aromatic heterocycles. The molecule has 144 valence electrons. The molecule has 0 saturated carbocycles. The van der Waals surface area contributed by atoms with Crippen LogP contribution in [0.4, 0.5) is 11.4 Å². The minimum atomic E-state index is -0.169. The normalized spacial score (nSPS) is 10.6. The first-order chi connectivity index (χ1) is 13.0. The molecule has 0 atom stereocenters. The van der Waals surface area contributed by atoms with Crippen molar-refractivity contribution in [2.45, 2.75) is 40.2 Å². The smallest absolute Gasteiger partial charge is 0.255 e. The molecule has 2 aromatic rings. The van der Waals surface area contributed by atoms with Gasteiger partial charge in [0.05, 0.1) is 0 Å². The number of nitrogens with one attached hydrogen (secondary N) is 2. The summed E-state index contributed by atoms with van der Waals surface area (Å²) in [6, 6.07) is 14.9. The molecular weight excluding hydrogens is 338 g/mol. The first-order valence-electron chi connectivity index (χ1n) is 9.52. The van der Waals surface area contributed by atoms with Crippen molar-refractivity contribution in [1.82, 2.24) is 5.32 Å². The van der Waals surface area contributed by atoms with E-state index in [2.05, 4.69) is 36.3 Å². The third kappa shape index (κ3) is 5.58. The molecule has 0 radical (unpaired) electrons. The lowest BCUT2D eigenvalue weighted by Crippen LogP contribution is -2.30. The minimum Gasteiger partial charge on any atom is -0.369 e. The highest BCUT2D eigenvalue weighted by Gasteiger charge is 2.11. The quantitative estimate of drug-likeness (QED) is 0.731. The summed E-state index contributed by atoms with van der Waals surface area (Å²) < 4.78 is 0. The largest absolute Gasteiger partial charge is 0.369 e. The summed E-state index contributed by atoms with van der Waals surface area (Å²) in [6.07, 6.45) is 0.895. The summed E-state index contributed by atoms with van der Waals surface area (Å²) in [5, 5.41) is 5.70. The number of nitrogens with zero attached hydrogens (tertiary/aromatic N) is 1. The van der Waals surface area contributed by atoms with Gasteiger partial charge in [-0.25, -0.2) is 0 Å². The van der Waals surface area contributed by atoms with Crippen molar-refractivity contribution < 1.29 is 9.59 Å². The highest BCUT2D eigenvalue weighted by Crippen LogP contribution is 2.18. The molecule has 2 aromatic carbocycles. The third-order valence-corrected chi connectivity index (χ3v) is 4.37. The number of carbonyl (C=O) groups is 2. The molecule has 2 rings (SSSR count). The van der Waals surface area contributed by atoms with E-state index in [1.54, 1.807) is 24.3 Å². The molecule has 0 saturated heterocycles. The molecule has 0 bridgehead atoms. The second-order valence-electron chi connectivity index (χ2n) is 6.71. The predicted octanol–water partition coefficient (Wildman–Crippen LogP) is 4.31. The maximum atomic E-state index is 12.5. The van der Waals surface area contributed by atoms with Crippen LogP contribution in [0.2, 0.25) is 0 Å². The average molecular weight is 367 g/mol. The van der Waals surface area contributed by atoms with Gasteiger partial charge in [0.25, 0.3) is 11.8 Å². The van der Waals surface area contributed by atoms with Crippen molar-refractivity contribution in [3.8, 4) is 0 Å². The average Bonchev–Trinajstić information content (AvgIpc) is 2.67. The summed E-state index contributed by atoms with van der Waals surface area (Å²) in [4.78, 5) is 26.6. The molecule has 0 heterocycles. The molecular formula is C22H29N3O2. The molecule has 5 heteroatoms. The number of benzene rings is 2. The minimum absolute atomic E-state index is 0.101. The van der Waals surface area contributed by atoms with Gasteiger partial charge in [-0.15, -0.1) is 0 Å². The van der Waals surface area contributed by atoms with E-state index in [1.807, 2.05) is 31.2 Å². The maximum Gasteiger partial charge on any atom is 0.255 e. The first-order valence-corrected chi connectivity index (χ1v) is 9.52. The number of anilines is 2. The number of rotatable bonds is 8. The lowest BCUT2D eigenvalue weighted by Gasteiger charge is -2.27. The first kappa shape index (κ1) is 20.5. The van der Waals surface area contributed by atoms with Gasteiger partial charge in [0.2, 0.25) is 0 Å². The SMILES string of the molecule is CCCNC(=O)c1ccc(NC(=O)c2ccc(N(CC)C(C)C)cc2)cc1. The molecule has 27 heavy (non-hydrogen) atoms. The van der Waals surface area contributed by atoms with E-state index in [0.717, 1.165) is 18.7 Å². The number of carbonyl (C=O) groups excluding carboxylic acids is 2. The van der Waals surface area contributed by atoms with Crippen LogP contribution >= 0.6 is 0 Å². The zero-order valence-electron chi connectivity index (χ0n) is 16.6. The molecule has 2 amide bonds. The van der Waals surface area contributed by atoms with Crippen LogP contribution in [0, 0.1) is 0 Å². The lowest BCUT2D eigenvalue weighted by molar-refractivity contribution is 0.0953. The van der Waals surface area contributed by atoms with Crippen LogP contribution in [0.25, 0.3) is 0 Å². The highest BCUT2D eigenvalue weighted by molar-refractivity contribution is 6.04. The predicted molar refractivity (Wildman–Crippen MR) is 112 cm³/mol. The Morgan fingerprint density at radius 2 is 1.44 bits per heavy atom. The molecule has 0 aliphatic carbocycles. The Morgan fingerprint density at radius 1 is 0.889 bits per heavy atom. The summed E-state index contributed by atoms with van der Waals surface area (Å²) in [7, 11) is 0. The van der Waals surface area contributed by atoms with Crippen LogP contribution in [0.3, 0.4) is 0 Å². The number of amides is 2. The van der Waals surface area contributed by atoms with Gasteiger partial charge in [-0.2, -0.15) is 0 Å². The van der Waals surface area contributed by atoms with Crippen molar-refractivity contribution in [3.05, 3.63) is 59.7 Å². The monoisotopic (exact) mass is 367 g/mol. The van der Waals surface area contributed by atoms with Crippen LogP contribution < -0.4 is 15.5 Å². The molecule has 0 fully saturated rings. The van der Waals surface area contributed by atoms with E-state index in [4.69, 9.17) is 0 Å². The highest BCUT2D eigenvalue weighted by atomic mass is 16.2. The van der Waals surface area contributed by atoms with E-state index >= 15 is 0 Å². The van der Waals surface area contributed by atoms with E-state index in [0.29, 0.717) is 29.4 Å². The van der Waals surface area contributed by atoms with Gasteiger partial charge in [0.1, 0.15) is 0 Å². The van der Waals surface area contributed by atoms with Crippen molar-refractivity contribution >= 4 is 23.2 Å². The molecule has 0 aliphatic heterocycles. The zero-order chi connectivity index (χ0) is 19.8. The fourth-order valence-corrected chi connectivity index (χ4v) is 2.90. The summed E-state index contributed by atoms with van der Waals surface area (Å²) in [5.41, 5.74) is 2.95. The van der Waals surface area contributed by atoms with Gasteiger partial charge >= 0.3 is 0 Å². The Balaban J connectivity index is 2.01. The van der Waals surface area contributed by atoms with E-state index in [9.17, 15) is 9.59 Å². The molecule has 0 spiro atoms.